The summed E-state index contributed by atoms with van der Waals surface area (Å²) in [6, 6.07) is -0.147. The van der Waals surface area contributed by atoms with Crippen molar-refractivity contribution in [1.82, 2.24) is 5.32 Å². The molecule has 0 aromatic rings. The van der Waals surface area contributed by atoms with Gasteiger partial charge in [-0.3, -0.25) is 10.1 Å². The Morgan fingerprint density at radius 1 is 1.50 bits per heavy atom. The van der Waals surface area contributed by atoms with Crippen LogP contribution in [0.4, 0.5) is 0 Å². The number of hydrogen-bond donors (Lipinski definition) is 1. The molecule has 1 aliphatic rings. The van der Waals surface area contributed by atoms with Crippen LogP contribution in [0.25, 0.3) is 0 Å². The van der Waals surface area contributed by atoms with Gasteiger partial charge in [0.05, 0.1) is 19.3 Å². The fraction of sp³-hybridized carbons (Fsp3) is 0.909. The third kappa shape index (κ3) is 2.93. The second-order valence-corrected chi connectivity index (χ2v) is 3.95. The van der Waals surface area contributed by atoms with E-state index in [4.69, 9.17) is 9.47 Å². The van der Waals surface area contributed by atoms with E-state index in [-0.39, 0.29) is 30.3 Å². The standard InChI is InChI=1S/C11H21NO4/c1-5-16-9-6-8(10(9)14-3)12-7(2)11(13)15-4/h7-10,12H,5-6H2,1-4H3. The normalized spacial score (nSPS) is 30.6. The molecule has 1 fully saturated rings. The van der Waals surface area contributed by atoms with Crippen LogP contribution in [0, 0.1) is 0 Å². The lowest BCUT2D eigenvalue weighted by Crippen LogP contribution is -2.62. The van der Waals surface area contributed by atoms with Crippen molar-refractivity contribution in [3.8, 4) is 0 Å². The van der Waals surface area contributed by atoms with Gasteiger partial charge in [-0.05, 0) is 20.3 Å². The van der Waals surface area contributed by atoms with Crippen LogP contribution in [0.15, 0.2) is 0 Å². The average molecular weight is 231 g/mol. The maximum Gasteiger partial charge on any atom is 0.322 e. The smallest absolute Gasteiger partial charge is 0.322 e. The second kappa shape index (κ2) is 6.18. The molecule has 1 saturated carbocycles. The Morgan fingerprint density at radius 2 is 2.19 bits per heavy atom. The predicted molar refractivity (Wildman–Crippen MR) is 59.2 cm³/mol. The topological polar surface area (TPSA) is 56.8 Å². The fourth-order valence-electron chi connectivity index (χ4n) is 2.00. The number of carbonyl (C=O) groups is 1. The Kier molecular flexibility index (Phi) is 5.18. The van der Waals surface area contributed by atoms with E-state index in [9.17, 15) is 4.79 Å². The van der Waals surface area contributed by atoms with E-state index in [1.807, 2.05) is 6.92 Å². The predicted octanol–water partition coefficient (Wildman–Crippen LogP) is 0.330. The Bertz CT molecular complexity index is 234. The molecule has 0 aromatic heterocycles. The Labute approximate surface area is 96.4 Å². The number of nitrogens with one attached hydrogen (secondary N) is 1. The maximum atomic E-state index is 11.2. The van der Waals surface area contributed by atoms with Crippen molar-refractivity contribution in [2.45, 2.75) is 44.6 Å². The molecule has 0 bridgehead atoms. The molecule has 0 radical (unpaired) electrons. The van der Waals surface area contributed by atoms with Crippen molar-refractivity contribution in [1.29, 1.82) is 0 Å². The molecule has 4 unspecified atom stereocenters. The zero-order valence-electron chi connectivity index (χ0n) is 10.4. The van der Waals surface area contributed by atoms with Gasteiger partial charge in [0.25, 0.3) is 0 Å². The zero-order valence-corrected chi connectivity index (χ0v) is 10.4. The molecule has 0 aromatic carbocycles. The molecule has 16 heavy (non-hydrogen) atoms. The number of methoxy groups -OCH3 is 2. The molecule has 0 spiro atoms. The number of carbonyl (C=O) groups excluding carboxylic acids is 1. The van der Waals surface area contributed by atoms with Gasteiger partial charge in [-0.25, -0.2) is 0 Å². The van der Waals surface area contributed by atoms with E-state index in [1.54, 1.807) is 14.0 Å². The van der Waals surface area contributed by atoms with Gasteiger partial charge in [-0.15, -0.1) is 0 Å². The van der Waals surface area contributed by atoms with Crippen molar-refractivity contribution in [3.63, 3.8) is 0 Å². The fourth-order valence-corrected chi connectivity index (χ4v) is 2.00. The van der Waals surface area contributed by atoms with Gasteiger partial charge in [0.1, 0.15) is 6.04 Å². The van der Waals surface area contributed by atoms with E-state index in [0.717, 1.165) is 6.42 Å². The van der Waals surface area contributed by atoms with Gasteiger partial charge in [0.15, 0.2) is 0 Å². The summed E-state index contributed by atoms with van der Waals surface area (Å²) in [6.07, 6.45) is 1.03. The third-order valence-corrected chi connectivity index (χ3v) is 2.92. The first-order valence-corrected chi connectivity index (χ1v) is 5.62. The Morgan fingerprint density at radius 3 is 2.69 bits per heavy atom. The minimum absolute atomic E-state index is 0.0204. The average Bonchev–Trinajstić information content (AvgIpc) is 2.26. The number of esters is 1. The van der Waals surface area contributed by atoms with Crippen LogP contribution < -0.4 is 5.32 Å². The summed E-state index contributed by atoms with van der Waals surface area (Å²) in [5.41, 5.74) is 0. The van der Waals surface area contributed by atoms with E-state index < -0.39 is 0 Å². The monoisotopic (exact) mass is 231 g/mol. The highest BCUT2D eigenvalue weighted by Crippen LogP contribution is 2.27. The molecule has 0 aliphatic heterocycles. The highest BCUT2D eigenvalue weighted by atomic mass is 16.5. The SMILES string of the molecule is CCOC1CC(NC(C)C(=O)OC)C1OC. The molecular formula is C11H21NO4. The first kappa shape index (κ1) is 13.4. The largest absolute Gasteiger partial charge is 0.468 e. The molecule has 5 heteroatoms. The number of ether oxygens (including phenoxy) is 3. The molecule has 94 valence electrons. The van der Waals surface area contributed by atoms with Gasteiger partial charge in [0.2, 0.25) is 0 Å². The van der Waals surface area contributed by atoms with Crippen LogP contribution in [-0.2, 0) is 19.0 Å². The van der Waals surface area contributed by atoms with E-state index >= 15 is 0 Å². The summed E-state index contributed by atoms with van der Waals surface area (Å²) in [7, 11) is 3.05. The molecule has 0 amide bonds. The minimum atomic E-state index is -0.310. The maximum absolute atomic E-state index is 11.2. The van der Waals surface area contributed by atoms with Gasteiger partial charge in [-0.2, -0.15) is 0 Å². The molecule has 5 nitrogen and oxygen atoms in total. The minimum Gasteiger partial charge on any atom is -0.468 e. The van der Waals surface area contributed by atoms with Crippen molar-refractivity contribution in [3.05, 3.63) is 0 Å². The van der Waals surface area contributed by atoms with Gasteiger partial charge < -0.3 is 14.2 Å². The van der Waals surface area contributed by atoms with Crippen LogP contribution in [0.3, 0.4) is 0 Å². The molecule has 1 aliphatic carbocycles. The highest BCUT2D eigenvalue weighted by Gasteiger charge is 2.43. The van der Waals surface area contributed by atoms with Gasteiger partial charge in [-0.1, -0.05) is 0 Å². The van der Waals surface area contributed by atoms with E-state index in [0.29, 0.717) is 6.61 Å². The summed E-state index contributed by atoms with van der Waals surface area (Å²) in [5.74, 6) is -0.255. The zero-order chi connectivity index (χ0) is 12.1. The van der Waals surface area contributed by atoms with Crippen LogP contribution in [0.1, 0.15) is 20.3 Å². The Hall–Kier alpha value is -0.650. The Balaban J connectivity index is 2.37. The third-order valence-electron chi connectivity index (χ3n) is 2.92. The summed E-state index contributed by atoms with van der Waals surface area (Å²) >= 11 is 0. The quantitative estimate of drug-likeness (QED) is 0.668. The summed E-state index contributed by atoms with van der Waals surface area (Å²) < 4.78 is 15.5. The first-order chi connectivity index (χ1) is 7.63. The lowest BCUT2D eigenvalue weighted by molar-refractivity contribution is -0.149. The first-order valence-electron chi connectivity index (χ1n) is 5.62. The number of rotatable bonds is 6. The highest BCUT2D eigenvalue weighted by molar-refractivity contribution is 5.75. The number of hydrogen-bond acceptors (Lipinski definition) is 5. The molecule has 0 saturated heterocycles. The lowest BCUT2D eigenvalue weighted by atomic mass is 9.84. The van der Waals surface area contributed by atoms with Gasteiger partial charge >= 0.3 is 5.97 Å². The van der Waals surface area contributed by atoms with Crippen molar-refractivity contribution in [2.75, 3.05) is 20.8 Å². The van der Waals surface area contributed by atoms with Crippen molar-refractivity contribution < 1.29 is 19.0 Å². The summed E-state index contributed by atoms with van der Waals surface area (Å²) in [6.45, 7) is 4.43. The van der Waals surface area contributed by atoms with Crippen LogP contribution >= 0.6 is 0 Å². The lowest BCUT2D eigenvalue weighted by Gasteiger charge is -2.44. The van der Waals surface area contributed by atoms with Crippen LogP contribution in [-0.4, -0.2) is 51.1 Å². The molecule has 1 rings (SSSR count). The van der Waals surface area contributed by atoms with Gasteiger partial charge in [0, 0.05) is 19.8 Å². The van der Waals surface area contributed by atoms with Crippen LogP contribution in [0.5, 0.6) is 0 Å². The molecular weight excluding hydrogens is 210 g/mol. The summed E-state index contributed by atoms with van der Waals surface area (Å²) in [4.78, 5) is 11.2. The molecule has 4 atom stereocenters. The van der Waals surface area contributed by atoms with Crippen LogP contribution in [0.2, 0.25) is 0 Å². The van der Waals surface area contributed by atoms with E-state index in [1.165, 1.54) is 7.11 Å². The molecule has 0 heterocycles. The van der Waals surface area contributed by atoms with Crippen molar-refractivity contribution >= 4 is 5.97 Å². The van der Waals surface area contributed by atoms with Crippen molar-refractivity contribution in [2.24, 2.45) is 0 Å². The second-order valence-electron chi connectivity index (χ2n) is 3.95. The summed E-state index contributed by atoms with van der Waals surface area (Å²) in [5, 5.41) is 3.18. The van der Waals surface area contributed by atoms with E-state index in [2.05, 4.69) is 10.1 Å². The molecule has 1 N–H and O–H groups in total.